The van der Waals surface area contributed by atoms with E-state index >= 15 is 0 Å². The van der Waals surface area contributed by atoms with Gasteiger partial charge in [-0.2, -0.15) is 5.26 Å². The van der Waals surface area contributed by atoms with E-state index in [4.69, 9.17) is 5.73 Å². The second-order valence-electron chi connectivity index (χ2n) is 4.49. The Kier molecular flexibility index (Phi) is 4.79. The van der Waals surface area contributed by atoms with Gasteiger partial charge in [0.15, 0.2) is 0 Å². The molecule has 0 saturated carbocycles. The van der Waals surface area contributed by atoms with E-state index in [9.17, 15) is 5.26 Å². The summed E-state index contributed by atoms with van der Waals surface area (Å²) in [6.07, 6.45) is 2.75. The Morgan fingerprint density at radius 2 is 2.15 bits per heavy atom. The minimum absolute atomic E-state index is 0.340. The number of nitrogen functional groups attached to an aromatic ring is 1. The summed E-state index contributed by atoms with van der Waals surface area (Å²) in [5, 5.41) is 9.43. The van der Waals surface area contributed by atoms with Crippen molar-refractivity contribution in [2.75, 3.05) is 5.73 Å². The molecule has 0 aliphatic heterocycles. The first-order valence-corrected chi connectivity index (χ1v) is 8.20. The van der Waals surface area contributed by atoms with Gasteiger partial charge in [0.05, 0.1) is 3.79 Å². The quantitative estimate of drug-likeness (QED) is 0.880. The number of anilines is 1. The van der Waals surface area contributed by atoms with Crippen LogP contribution in [0.4, 0.5) is 5.82 Å². The minimum Gasteiger partial charge on any atom is -0.383 e. The average Bonchev–Trinajstić information content (AvgIpc) is 2.85. The molecule has 20 heavy (non-hydrogen) atoms. The van der Waals surface area contributed by atoms with Crippen LogP contribution < -0.4 is 5.73 Å². The fourth-order valence-corrected chi connectivity index (χ4v) is 3.82. The van der Waals surface area contributed by atoms with Gasteiger partial charge >= 0.3 is 0 Å². The molecule has 0 bridgehead atoms. The molecule has 0 aliphatic rings. The van der Waals surface area contributed by atoms with Crippen LogP contribution in [-0.2, 0) is 12.8 Å². The summed E-state index contributed by atoms with van der Waals surface area (Å²) in [7, 11) is 0. The van der Waals surface area contributed by atoms with Crippen molar-refractivity contribution in [3.63, 3.8) is 0 Å². The standard InChI is InChI=1S/C15H16BrN3S/c1-3-5-11-9(4-2)14(10(8-17)15(18)19-11)12-6-7-13(16)20-12/h6-7H,3-5H2,1-2H3,(H2,18,19). The smallest absolute Gasteiger partial charge is 0.142 e. The van der Waals surface area contributed by atoms with Gasteiger partial charge in [0.2, 0.25) is 0 Å². The van der Waals surface area contributed by atoms with E-state index in [2.05, 4.69) is 40.8 Å². The van der Waals surface area contributed by atoms with Crippen LogP contribution in [0.3, 0.4) is 0 Å². The third-order valence-electron chi connectivity index (χ3n) is 3.18. The number of halogens is 1. The normalized spacial score (nSPS) is 10.5. The van der Waals surface area contributed by atoms with Gasteiger partial charge in [0.1, 0.15) is 17.5 Å². The lowest BCUT2D eigenvalue weighted by atomic mass is 9.95. The Bertz CT molecular complexity index is 670. The van der Waals surface area contributed by atoms with Gasteiger partial charge in [-0.25, -0.2) is 4.98 Å². The van der Waals surface area contributed by atoms with Gasteiger partial charge in [0.25, 0.3) is 0 Å². The zero-order chi connectivity index (χ0) is 14.7. The zero-order valence-corrected chi connectivity index (χ0v) is 13.9. The highest BCUT2D eigenvalue weighted by Gasteiger charge is 2.19. The summed E-state index contributed by atoms with van der Waals surface area (Å²) in [5.41, 5.74) is 9.61. The molecule has 0 amide bonds. The summed E-state index contributed by atoms with van der Waals surface area (Å²) in [6.45, 7) is 4.22. The van der Waals surface area contributed by atoms with Crippen molar-refractivity contribution in [2.45, 2.75) is 33.1 Å². The molecule has 2 aromatic rings. The SMILES string of the molecule is CCCc1nc(N)c(C#N)c(-c2ccc(Br)s2)c1CC. The second kappa shape index (κ2) is 6.38. The van der Waals surface area contributed by atoms with E-state index < -0.39 is 0 Å². The number of nitrogens with zero attached hydrogens (tertiary/aromatic N) is 2. The average molecular weight is 350 g/mol. The molecule has 0 saturated heterocycles. The highest BCUT2D eigenvalue weighted by atomic mass is 79.9. The van der Waals surface area contributed by atoms with Gasteiger partial charge in [-0.3, -0.25) is 0 Å². The number of nitrogens with two attached hydrogens (primary N) is 1. The number of rotatable bonds is 4. The maximum absolute atomic E-state index is 9.43. The highest BCUT2D eigenvalue weighted by molar-refractivity contribution is 9.11. The maximum atomic E-state index is 9.43. The Hall–Kier alpha value is -1.38. The van der Waals surface area contributed by atoms with Crippen LogP contribution in [0.1, 0.15) is 37.1 Å². The van der Waals surface area contributed by atoms with Crippen LogP contribution in [-0.4, -0.2) is 4.98 Å². The Labute approximate surface area is 131 Å². The topological polar surface area (TPSA) is 62.7 Å². The molecular weight excluding hydrogens is 334 g/mol. The van der Waals surface area contributed by atoms with Crippen LogP contribution in [0.2, 0.25) is 0 Å². The van der Waals surface area contributed by atoms with Crippen molar-refractivity contribution in [2.24, 2.45) is 0 Å². The van der Waals surface area contributed by atoms with Crippen molar-refractivity contribution in [1.29, 1.82) is 5.26 Å². The molecule has 2 aromatic heterocycles. The van der Waals surface area contributed by atoms with Gasteiger partial charge in [0, 0.05) is 16.1 Å². The lowest BCUT2D eigenvalue weighted by Gasteiger charge is -2.15. The fraction of sp³-hybridized carbons (Fsp3) is 0.333. The lowest BCUT2D eigenvalue weighted by Crippen LogP contribution is -2.07. The molecule has 0 spiro atoms. The van der Waals surface area contributed by atoms with E-state index in [1.807, 2.05) is 12.1 Å². The second-order valence-corrected chi connectivity index (χ2v) is 6.95. The zero-order valence-electron chi connectivity index (χ0n) is 11.5. The predicted molar refractivity (Wildman–Crippen MR) is 87.8 cm³/mol. The van der Waals surface area contributed by atoms with Crippen LogP contribution >= 0.6 is 27.3 Å². The number of hydrogen-bond donors (Lipinski definition) is 1. The first-order valence-electron chi connectivity index (χ1n) is 6.59. The molecule has 2 heterocycles. The first-order chi connectivity index (χ1) is 9.62. The number of thiophene rings is 1. The van der Waals surface area contributed by atoms with Gasteiger partial charge in [-0.1, -0.05) is 20.3 Å². The fourth-order valence-electron chi connectivity index (χ4n) is 2.35. The van der Waals surface area contributed by atoms with E-state index in [0.717, 1.165) is 44.7 Å². The molecule has 0 aliphatic carbocycles. The number of aromatic nitrogens is 1. The Morgan fingerprint density at radius 3 is 2.65 bits per heavy atom. The summed E-state index contributed by atoms with van der Waals surface area (Å²) in [4.78, 5) is 5.51. The molecule has 5 heteroatoms. The number of hydrogen-bond acceptors (Lipinski definition) is 4. The van der Waals surface area contributed by atoms with E-state index in [0.29, 0.717) is 11.4 Å². The summed E-state index contributed by atoms with van der Waals surface area (Å²) in [6, 6.07) is 6.24. The number of nitriles is 1. The van der Waals surface area contributed by atoms with Crippen LogP contribution in [0, 0.1) is 11.3 Å². The van der Waals surface area contributed by atoms with Crippen LogP contribution in [0.5, 0.6) is 0 Å². The number of pyridine rings is 1. The third kappa shape index (κ3) is 2.72. The summed E-state index contributed by atoms with van der Waals surface area (Å²) >= 11 is 5.10. The minimum atomic E-state index is 0.340. The van der Waals surface area contributed by atoms with Crippen molar-refractivity contribution in [3.05, 3.63) is 32.7 Å². The molecule has 0 radical (unpaired) electrons. The molecular formula is C15H16BrN3S. The monoisotopic (exact) mass is 349 g/mol. The largest absolute Gasteiger partial charge is 0.383 e. The predicted octanol–water partition coefficient (Wildman–Crippen LogP) is 4.54. The summed E-state index contributed by atoms with van der Waals surface area (Å²) in [5.74, 6) is 0.340. The molecule has 0 unspecified atom stereocenters. The summed E-state index contributed by atoms with van der Waals surface area (Å²) < 4.78 is 1.05. The van der Waals surface area contributed by atoms with Gasteiger partial charge in [-0.05, 0) is 46.5 Å². The third-order valence-corrected chi connectivity index (χ3v) is 4.82. The van der Waals surface area contributed by atoms with E-state index in [1.165, 1.54) is 0 Å². The first kappa shape index (κ1) is 15.0. The lowest BCUT2D eigenvalue weighted by molar-refractivity contribution is 0.860. The molecule has 0 fully saturated rings. The van der Waals surface area contributed by atoms with E-state index in [1.54, 1.807) is 11.3 Å². The van der Waals surface area contributed by atoms with Gasteiger partial charge in [-0.15, -0.1) is 11.3 Å². The molecule has 104 valence electrons. The van der Waals surface area contributed by atoms with Crippen LogP contribution in [0.15, 0.2) is 15.9 Å². The highest BCUT2D eigenvalue weighted by Crippen LogP contribution is 2.38. The molecule has 2 rings (SSSR count). The molecule has 0 aromatic carbocycles. The maximum Gasteiger partial charge on any atom is 0.142 e. The molecule has 3 nitrogen and oxygen atoms in total. The van der Waals surface area contributed by atoms with Crippen molar-refractivity contribution in [3.8, 4) is 16.5 Å². The van der Waals surface area contributed by atoms with Crippen molar-refractivity contribution < 1.29 is 0 Å². The van der Waals surface area contributed by atoms with Crippen molar-refractivity contribution >= 4 is 33.1 Å². The Morgan fingerprint density at radius 1 is 1.40 bits per heavy atom. The van der Waals surface area contributed by atoms with Gasteiger partial charge < -0.3 is 5.73 Å². The van der Waals surface area contributed by atoms with Crippen molar-refractivity contribution in [1.82, 2.24) is 4.98 Å². The Balaban J connectivity index is 2.77. The van der Waals surface area contributed by atoms with Crippen LogP contribution in [0.25, 0.3) is 10.4 Å². The van der Waals surface area contributed by atoms with E-state index in [-0.39, 0.29) is 0 Å². The molecule has 0 atom stereocenters. The number of aryl methyl sites for hydroxylation is 1. The molecule has 2 N–H and O–H groups in total.